The Morgan fingerprint density at radius 2 is 2.13 bits per heavy atom. The maximum absolute atomic E-state index is 9.19. The fourth-order valence-corrected chi connectivity index (χ4v) is 1.98. The average molecular weight is 223 g/mol. The molecule has 0 unspecified atom stereocenters. The quantitative estimate of drug-likeness (QED) is 0.827. The predicted molar refractivity (Wildman–Crippen MR) is 57.4 cm³/mol. The van der Waals surface area contributed by atoms with E-state index in [1.54, 1.807) is 6.07 Å². The van der Waals surface area contributed by atoms with Gasteiger partial charge in [0.15, 0.2) is 0 Å². The van der Waals surface area contributed by atoms with Crippen molar-refractivity contribution in [3.8, 4) is 6.07 Å². The summed E-state index contributed by atoms with van der Waals surface area (Å²) in [6.45, 7) is 1.09. The summed E-state index contributed by atoms with van der Waals surface area (Å²) in [5.74, 6) is 0. The van der Waals surface area contributed by atoms with Gasteiger partial charge < -0.3 is 5.11 Å². The minimum absolute atomic E-state index is 0.302. The lowest BCUT2D eigenvalue weighted by Crippen LogP contribution is -2.51. The molecule has 0 spiro atoms. The molecule has 78 valence electrons. The number of nitrogens with zero attached hydrogens (tertiary/aromatic N) is 2. The van der Waals surface area contributed by atoms with Crippen molar-refractivity contribution in [1.29, 1.82) is 5.26 Å². The molecular formula is C11H11ClN2O. The standard InChI is InChI=1S/C11H11ClN2O/c12-10-4-2-1-3-9(10)11(5-13)14-6-8(15)7-14/h1-4,8,11,15H,6-7H2/t11-/m0/s1. The van der Waals surface area contributed by atoms with Crippen molar-refractivity contribution in [3.63, 3.8) is 0 Å². The number of β-amino-alcohol motifs (C(OH)–C–C–N with tert-alkyl or cyclic N) is 1. The predicted octanol–water partition coefficient (Wildman–Crippen LogP) is 1.58. The molecule has 1 saturated heterocycles. The van der Waals surface area contributed by atoms with E-state index in [-0.39, 0.29) is 12.1 Å². The number of benzene rings is 1. The molecule has 1 aromatic carbocycles. The van der Waals surface area contributed by atoms with Crippen LogP contribution in [0.15, 0.2) is 24.3 Å². The topological polar surface area (TPSA) is 47.3 Å². The van der Waals surface area contributed by atoms with Gasteiger partial charge in [0.25, 0.3) is 0 Å². The number of likely N-dealkylation sites (tertiary alicyclic amines) is 1. The van der Waals surface area contributed by atoms with Gasteiger partial charge in [-0.15, -0.1) is 0 Å². The molecule has 0 radical (unpaired) electrons. The van der Waals surface area contributed by atoms with Crippen LogP contribution in [-0.4, -0.2) is 29.2 Å². The van der Waals surface area contributed by atoms with Crippen LogP contribution in [0.1, 0.15) is 11.6 Å². The second kappa shape index (κ2) is 4.19. The molecule has 1 aromatic rings. The summed E-state index contributed by atoms with van der Waals surface area (Å²) in [6, 6.07) is 9.19. The Balaban J connectivity index is 2.21. The molecule has 0 aromatic heterocycles. The zero-order chi connectivity index (χ0) is 10.8. The van der Waals surface area contributed by atoms with Crippen molar-refractivity contribution in [2.24, 2.45) is 0 Å². The van der Waals surface area contributed by atoms with Gasteiger partial charge in [-0.25, -0.2) is 0 Å². The van der Waals surface area contributed by atoms with E-state index in [4.69, 9.17) is 16.9 Å². The zero-order valence-electron chi connectivity index (χ0n) is 8.10. The summed E-state index contributed by atoms with van der Waals surface area (Å²) in [5, 5.41) is 18.9. The molecule has 1 atom stereocenters. The van der Waals surface area contributed by atoms with E-state index in [2.05, 4.69) is 6.07 Å². The zero-order valence-corrected chi connectivity index (χ0v) is 8.85. The minimum Gasteiger partial charge on any atom is -0.390 e. The molecule has 2 rings (SSSR count). The van der Waals surface area contributed by atoms with E-state index in [1.165, 1.54) is 0 Å². The Kier molecular flexibility index (Phi) is 2.92. The van der Waals surface area contributed by atoms with Crippen LogP contribution >= 0.6 is 11.6 Å². The highest BCUT2D eigenvalue weighted by atomic mass is 35.5. The summed E-state index contributed by atoms with van der Waals surface area (Å²) in [4.78, 5) is 1.91. The molecule has 1 heterocycles. The normalized spacial score (nSPS) is 19.3. The Hall–Kier alpha value is -1.08. The summed E-state index contributed by atoms with van der Waals surface area (Å²) < 4.78 is 0. The first-order chi connectivity index (χ1) is 7.22. The Morgan fingerprint density at radius 1 is 1.47 bits per heavy atom. The third-order valence-electron chi connectivity index (χ3n) is 2.58. The van der Waals surface area contributed by atoms with E-state index in [0.717, 1.165) is 5.56 Å². The van der Waals surface area contributed by atoms with Gasteiger partial charge in [-0.05, 0) is 6.07 Å². The molecule has 0 aliphatic carbocycles. The van der Waals surface area contributed by atoms with Gasteiger partial charge in [-0.3, -0.25) is 4.90 Å². The number of halogens is 1. The van der Waals surface area contributed by atoms with Crippen LogP contribution in [0.5, 0.6) is 0 Å². The van der Waals surface area contributed by atoms with Gasteiger partial charge in [0.2, 0.25) is 0 Å². The van der Waals surface area contributed by atoms with Crippen molar-refractivity contribution in [2.45, 2.75) is 12.1 Å². The van der Waals surface area contributed by atoms with Crippen LogP contribution in [0.25, 0.3) is 0 Å². The van der Waals surface area contributed by atoms with Crippen LogP contribution in [0.4, 0.5) is 0 Å². The summed E-state index contributed by atoms with van der Waals surface area (Å²) >= 11 is 6.02. The Morgan fingerprint density at radius 3 is 2.67 bits per heavy atom. The van der Waals surface area contributed by atoms with Crippen LogP contribution in [-0.2, 0) is 0 Å². The number of aliphatic hydroxyl groups is 1. The second-order valence-corrected chi connectivity index (χ2v) is 4.07. The van der Waals surface area contributed by atoms with Gasteiger partial charge in [0, 0.05) is 23.7 Å². The SMILES string of the molecule is N#C[C@@H](c1ccccc1Cl)N1CC(O)C1. The number of hydrogen-bond acceptors (Lipinski definition) is 3. The van der Waals surface area contributed by atoms with Crippen molar-refractivity contribution >= 4 is 11.6 Å². The first-order valence-electron chi connectivity index (χ1n) is 4.78. The van der Waals surface area contributed by atoms with Crippen LogP contribution < -0.4 is 0 Å². The molecule has 0 saturated carbocycles. The Labute approximate surface area is 93.5 Å². The molecule has 0 amide bonds. The lowest BCUT2D eigenvalue weighted by atomic mass is 10.0. The molecular weight excluding hydrogens is 212 g/mol. The number of aliphatic hydroxyl groups excluding tert-OH is 1. The maximum Gasteiger partial charge on any atom is 0.125 e. The molecule has 1 N–H and O–H groups in total. The van der Waals surface area contributed by atoms with Gasteiger partial charge in [0.1, 0.15) is 6.04 Å². The van der Waals surface area contributed by atoms with E-state index in [0.29, 0.717) is 18.1 Å². The maximum atomic E-state index is 9.19. The van der Waals surface area contributed by atoms with Crippen LogP contribution in [0, 0.1) is 11.3 Å². The highest BCUT2D eigenvalue weighted by molar-refractivity contribution is 6.31. The molecule has 0 bridgehead atoms. The summed E-state index contributed by atoms with van der Waals surface area (Å²) in [6.07, 6.45) is -0.302. The minimum atomic E-state index is -0.345. The van der Waals surface area contributed by atoms with Crippen LogP contribution in [0.2, 0.25) is 5.02 Å². The molecule has 1 fully saturated rings. The summed E-state index contributed by atoms with van der Waals surface area (Å²) in [7, 11) is 0. The average Bonchev–Trinajstić information content (AvgIpc) is 2.19. The number of rotatable bonds is 2. The van der Waals surface area contributed by atoms with Gasteiger partial charge in [-0.1, -0.05) is 29.8 Å². The fraction of sp³-hybridized carbons (Fsp3) is 0.364. The van der Waals surface area contributed by atoms with Crippen molar-refractivity contribution in [3.05, 3.63) is 34.9 Å². The smallest absolute Gasteiger partial charge is 0.125 e. The number of hydrogen-bond donors (Lipinski definition) is 1. The fourth-order valence-electron chi connectivity index (χ4n) is 1.74. The second-order valence-electron chi connectivity index (χ2n) is 3.66. The molecule has 4 heteroatoms. The van der Waals surface area contributed by atoms with Crippen molar-refractivity contribution in [2.75, 3.05) is 13.1 Å². The first-order valence-corrected chi connectivity index (χ1v) is 5.16. The van der Waals surface area contributed by atoms with Gasteiger partial charge in [0.05, 0.1) is 12.2 Å². The summed E-state index contributed by atoms with van der Waals surface area (Å²) in [5.41, 5.74) is 0.813. The molecule has 3 nitrogen and oxygen atoms in total. The monoisotopic (exact) mass is 222 g/mol. The third kappa shape index (κ3) is 1.98. The Bertz CT molecular complexity index is 396. The highest BCUT2D eigenvalue weighted by Crippen LogP contribution is 2.29. The largest absolute Gasteiger partial charge is 0.390 e. The molecule has 15 heavy (non-hydrogen) atoms. The lowest BCUT2D eigenvalue weighted by Gasteiger charge is -2.39. The van der Waals surface area contributed by atoms with Gasteiger partial charge in [-0.2, -0.15) is 5.26 Å². The van der Waals surface area contributed by atoms with Crippen molar-refractivity contribution < 1.29 is 5.11 Å². The van der Waals surface area contributed by atoms with Crippen molar-refractivity contribution in [1.82, 2.24) is 4.90 Å². The van der Waals surface area contributed by atoms with Gasteiger partial charge >= 0.3 is 0 Å². The molecule has 1 aliphatic rings. The van der Waals surface area contributed by atoms with Crippen LogP contribution in [0.3, 0.4) is 0 Å². The van der Waals surface area contributed by atoms with E-state index in [9.17, 15) is 5.11 Å². The number of nitriles is 1. The lowest BCUT2D eigenvalue weighted by molar-refractivity contribution is -0.0126. The molecule has 1 aliphatic heterocycles. The van der Waals surface area contributed by atoms with E-state index in [1.807, 2.05) is 23.1 Å². The first kappa shape index (κ1) is 10.4. The van der Waals surface area contributed by atoms with E-state index < -0.39 is 0 Å². The third-order valence-corrected chi connectivity index (χ3v) is 2.92. The van der Waals surface area contributed by atoms with E-state index >= 15 is 0 Å². The highest BCUT2D eigenvalue weighted by Gasteiger charge is 2.32.